The van der Waals surface area contributed by atoms with Crippen LogP contribution in [0.5, 0.6) is 0 Å². The Hall–Kier alpha value is -0.720. The minimum absolute atomic E-state index is 0.258. The van der Waals surface area contributed by atoms with E-state index in [0.717, 1.165) is 48.5 Å². The van der Waals surface area contributed by atoms with Crippen LogP contribution in [0.2, 0.25) is 0 Å². The Morgan fingerprint density at radius 3 is 2.68 bits per heavy atom. The molecule has 0 aromatic carbocycles. The van der Waals surface area contributed by atoms with Crippen LogP contribution < -0.4 is 5.32 Å². The molecule has 1 saturated heterocycles. The second-order valence-corrected chi connectivity index (χ2v) is 5.72. The molecule has 1 aliphatic rings. The lowest BCUT2D eigenvalue weighted by molar-refractivity contribution is -0.119. The first-order chi connectivity index (χ1) is 9.11. The second kappa shape index (κ2) is 6.63. The maximum Gasteiger partial charge on any atom is 0.152 e. The number of ketones is 1. The van der Waals surface area contributed by atoms with Crippen molar-refractivity contribution in [3.05, 3.63) is 15.9 Å². The van der Waals surface area contributed by atoms with E-state index in [1.807, 2.05) is 11.7 Å². The van der Waals surface area contributed by atoms with Crippen LogP contribution in [0.3, 0.4) is 0 Å². The van der Waals surface area contributed by atoms with Gasteiger partial charge in [-0.15, -0.1) is 0 Å². The average Bonchev–Trinajstić information content (AvgIpc) is 2.67. The van der Waals surface area contributed by atoms with E-state index in [1.54, 1.807) is 0 Å². The number of nitrogens with zero attached hydrogens (tertiary/aromatic N) is 3. The highest BCUT2D eigenvalue weighted by molar-refractivity contribution is 9.10. The predicted octanol–water partition coefficient (Wildman–Crippen LogP) is 0.762. The predicted molar refractivity (Wildman–Crippen MR) is 78.3 cm³/mol. The fourth-order valence-electron chi connectivity index (χ4n) is 2.37. The van der Waals surface area contributed by atoms with Crippen molar-refractivity contribution in [2.75, 3.05) is 32.7 Å². The molecular weight excluding hydrogens is 308 g/mol. The van der Waals surface area contributed by atoms with Crippen molar-refractivity contribution in [3.8, 4) is 0 Å². The average molecular weight is 329 g/mol. The van der Waals surface area contributed by atoms with Gasteiger partial charge in [0.15, 0.2) is 5.78 Å². The fraction of sp³-hybridized carbons (Fsp3) is 0.692. The van der Waals surface area contributed by atoms with Crippen molar-refractivity contribution in [3.63, 3.8) is 0 Å². The summed E-state index contributed by atoms with van der Waals surface area (Å²) in [4.78, 5) is 14.4. The summed E-state index contributed by atoms with van der Waals surface area (Å²) in [6, 6.07) is 0. The van der Waals surface area contributed by atoms with E-state index in [9.17, 15) is 4.79 Å². The van der Waals surface area contributed by atoms with Crippen molar-refractivity contribution in [2.45, 2.75) is 19.8 Å². The maximum absolute atomic E-state index is 12.2. The summed E-state index contributed by atoms with van der Waals surface area (Å²) in [6.45, 7) is 6.47. The second-order valence-electron chi connectivity index (χ2n) is 4.93. The van der Waals surface area contributed by atoms with Crippen LogP contribution >= 0.6 is 15.9 Å². The highest BCUT2D eigenvalue weighted by Gasteiger charge is 2.18. The molecule has 1 aromatic heterocycles. The lowest BCUT2D eigenvalue weighted by atomic mass is 10.2. The van der Waals surface area contributed by atoms with E-state index < -0.39 is 0 Å². The molecule has 19 heavy (non-hydrogen) atoms. The summed E-state index contributed by atoms with van der Waals surface area (Å²) >= 11 is 3.56. The summed E-state index contributed by atoms with van der Waals surface area (Å²) in [7, 11) is 1.90. The molecule has 1 aromatic rings. The topological polar surface area (TPSA) is 50.2 Å². The Balaban J connectivity index is 1.96. The molecule has 106 valence electrons. The van der Waals surface area contributed by atoms with Gasteiger partial charge in [0.1, 0.15) is 0 Å². The van der Waals surface area contributed by atoms with E-state index in [2.05, 4.69) is 38.2 Å². The standard InChI is InChI=1S/C13H21BrN4O/c1-3-11-13(14)12(17(2)16-11)8-10(19)9-18-6-4-15-5-7-18/h15H,3-9H2,1-2H3. The number of Topliss-reactive ketones (excluding diaryl/α,β-unsaturated/α-hetero) is 1. The molecule has 1 aliphatic heterocycles. The highest BCUT2D eigenvalue weighted by atomic mass is 79.9. The third-order valence-corrected chi connectivity index (χ3v) is 4.39. The first-order valence-corrected chi connectivity index (χ1v) is 7.56. The van der Waals surface area contributed by atoms with Gasteiger partial charge in [-0.25, -0.2) is 0 Å². The van der Waals surface area contributed by atoms with Gasteiger partial charge in [-0.2, -0.15) is 5.10 Å². The molecule has 0 aliphatic carbocycles. The largest absolute Gasteiger partial charge is 0.314 e. The minimum atomic E-state index is 0.258. The van der Waals surface area contributed by atoms with Gasteiger partial charge in [0, 0.05) is 33.2 Å². The van der Waals surface area contributed by atoms with Crippen molar-refractivity contribution in [1.29, 1.82) is 0 Å². The quantitative estimate of drug-likeness (QED) is 0.867. The van der Waals surface area contributed by atoms with Crippen molar-refractivity contribution < 1.29 is 4.79 Å². The minimum Gasteiger partial charge on any atom is -0.314 e. The number of hydrogen-bond acceptors (Lipinski definition) is 4. The molecule has 0 spiro atoms. The number of nitrogens with one attached hydrogen (secondary N) is 1. The number of halogens is 1. The zero-order chi connectivity index (χ0) is 13.8. The van der Waals surface area contributed by atoms with Crippen molar-refractivity contribution >= 4 is 21.7 Å². The number of rotatable bonds is 5. The molecular formula is C13H21BrN4O. The normalized spacial score (nSPS) is 16.8. The number of carbonyl (C=O) groups is 1. The van der Waals surface area contributed by atoms with Gasteiger partial charge in [0.2, 0.25) is 0 Å². The zero-order valence-corrected chi connectivity index (χ0v) is 13.2. The monoisotopic (exact) mass is 328 g/mol. The molecule has 0 saturated carbocycles. The number of carbonyl (C=O) groups excluding carboxylic acids is 1. The van der Waals surface area contributed by atoms with Crippen LogP contribution in [0, 0.1) is 0 Å². The van der Waals surface area contributed by atoms with Crippen LogP contribution in [-0.2, 0) is 24.7 Å². The van der Waals surface area contributed by atoms with Crippen LogP contribution in [0.1, 0.15) is 18.3 Å². The Bertz CT molecular complexity index is 452. The smallest absolute Gasteiger partial charge is 0.152 e. The Morgan fingerprint density at radius 1 is 1.42 bits per heavy atom. The molecule has 1 fully saturated rings. The third-order valence-electron chi connectivity index (χ3n) is 3.48. The lowest BCUT2D eigenvalue weighted by Gasteiger charge is -2.26. The van der Waals surface area contributed by atoms with Gasteiger partial charge in [-0.1, -0.05) is 6.92 Å². The van der Waals surface area contributed by atoms with Gasteiger partial charge in [0.05, 0.1) is 28.8 Å². The summed E-state index contributed by atoms with van der Waals surface area (Å²) in [5.74, 6) is 0.258. The summed E-state index contributed by atoms with van der Waals surface area (Å²) in [6.07, 6.45) is 1.33. The third kappa shape index (κ3) is 3.64. The zero-order valence-electron chi connectivity index (χ0n) is 11.6. The summed E-state index contributed by atoms with van der Waals surface area (Å²) < 4.78 is 2.81. The van der Waals surface area contributed by atoms with E-state index in [-0.39, 0.29) is 5.78 Å². The molecule has 1 N–H and O–H groups in total. The Morgan fingerprint density at radius 2 is 2.11 bits per heavy atom. The van der Waals surface area contributed by atoms with Gasteiger partial charge in [0.25, 0.3) is 0 Å². The van der Waals surface area contributed by atoms with Crippen LogP contribution in [-0.4, -0.2) is 53.2 Å². The number of aromatic nitrogens is 2. The molecule has 0 unspecified atom stereocenters. The van der Waals surface area contributed by atoms with Gasteiger partial charge in [-0.05, 0) is 22.4 Å². The van der Waals surface area contributed by atoms with E-state index in [0.29, 0.717) is 13.0 Å². The first-order valence-electron chi connectivity index (χ1n) is 6.76. The van der Waals surface area contributed by atoms with Gasteiger partial charge >= 0.3 is 0 Å². The molecule has 0 amide bonds. The molecule has 0 bridgehead atoms. The summed E-state index contributed by atoms with van der Waals surface area (Å²) in [5, 5.41) is 7.71. The SMILES string of the molecule is CCc1nn(C)c(CC(=O)CN2CCNCC2)c1Br. The Labute approximate surface area is 122 Å². The maximum atomic E-state index is 12.2. The van der Waals surface area contributed by atoms with Crippen LogP contribution in [0.25, 0.3) is 0 Å². The Kier molecular flexibility index (Phi) is 5.13. The van der Waals surface area contributed by atoms with E-state index in [4.69, 9.17) is 0 Å². The highest BCUT2D eigenvalue weighted by Crippen LogP contribution is 2.22. The summed E-state index contributed by atoms with van der Waals surface area (Å²) in [5.41, 5.74) is 2.00. The van der Waals surface area contributed by atoms with Gasteiger partial charge in [-0.3, -0.25) is 14.4 Å². The van der Waals surface area contributed by atoms with Crippen molar-refractivity contribution in [2.24, 2.45) is 7.05 Å². The van der Waals surface area contributed by atoms with Crippen molar-refractivity contribution in [1.82, 2.24) is 20.0 Å². The van der Waals surface area contributed by atoms with Crippen LogP contribution in [0.15, 0.2) is 4.47 Å². The molecule has 2 heterocycles. The molecule has 2 rings (SSSR count). The van der Waals surface area contributed by atoms with E-state index >= 15 is 0 Å². The fourth-order valence-corrected chi connectivity index (χ4v) is 3.13. The first kappa shape index (κ1) is 14.7. The van der Waals surface area contributed by atoms with Crippen LogP contribution in [0.4, 0.5) is 0 Å². The number of aryl methyl sites for hydroxylation is 2. The van der Waals surface area contributed by atoms with E-state index in [1.165, 1.54) is 0 Å². The number of piperazine rings is 1. The number of hydrogen-bond donors (Lipinski definition) is 1. The molecule has 0 atom stereocenters. The lowest BCUT2D eigenvalue weighted by Crippen LogP contribution is -2.45. The molecule has 0 radical (unpaired) electrons. The molecule has 6 heteroatoms. The molecule has 5 nitrogen and oxygen atoms in total. The van der Waals surface area contributed by atoms with Gasteiger partial charge < -0.3 is 5.32 Å².